The minimum atomic E-state index is -0.673. The van der Waals surface area contributed by atoms with Gasteiger partial charge in [0.15, 0.2) is 0 Å². The summed E-state index contributed by atoms with van der Waals surface area (Å²) >= 11 is 3.69. The van der Waals surface area contributed by atoms with Crippen LogP contribution in [-0.2, 0) is 24.3 Å². The molecule has 0 unspecified atom stereocenters. The van der Waals surface area contributed by atoms with E-state index in [9.17, 15) is 4.79 Å². The van der Waals surface area contributed by atoms with E-state index in [0.717, 1.165) is 55.6 Å². The highest BCUT2D eigenvalue weighted by molar-refractivity contribution is 9.10. The molecule has 0 bridgehead atoms. The van der Waals surface area contributed by atoms with Crippen molar-refractivity contribution in [2.24, 2.45) is 5.92 Å². The molecule has 0 atom stereocenters. The van der Waals surface area contributed by atoms with Gasteiger partial charge >= 0.3 is 5.97 Å². The number of aryl methyl sites for hydroxylation is 2. The average molecular weight is 358 g/mol. The fraction of sp³-hybridized carbons (Fsp3) is 0.733. The van der Waals surface area contributed by atoms with Crippen molar-refractivity contribution in [2.45, 2.75) is 52.6 Å². The minimum absolute atomic E-state index is 0.310. The number of hydrogen-bond donors (Lipinski definition) is 1. The van der Waals surface area contributed by atoms with E-state index in [-0.39, 0.29) is 0 Å². The van der Waals surface area contributed by atoms with Gasteiger partial charge in [0, 0.05) is 19.5 Å². The molecule has 1 aromatic rings. The summed E-state index contributed by atoms with van der Waals surface area (Å²) in [4.78, 5) is 13.2. The number of aliphatic carboxylic acids is 1. The molecule has 1 N–H and O–H groups in total. The van der Waals surface area contributed by atoms with Crippen molar-refractivity contribution < 1.29 is 9.90 Å². The molecule has 1 fully saturated rings. The number of aromatic nitrogens is 2. The number of piperidine rings is 1. The van der Waals surface area contributed by atoms with Crippen LogP contribution in [0.5, 0.6) is 0 Å². The normalized spacial score (nSPS) is 17.3. The Morgan fingerprint density at radius 1 is 1.38 bits per heavy atom. The number of likely N-dealkylation sites (tertiary alicyclic amines) is 1. The smallest absolute Gasteiger partial charge is 0.303 e. The maximum Gasteiger partial charge on any atom is 0.303 e. The first-order valence-electron chi connectivity index (χ1n) is 7.73. The van der Waals surface area contributed by atoms with Crippen LogP contribution in [0.3, 0.4) is 0 Å². The van der Waals surface area contributed by atoms with E-state index in [4.69, 9.17) is 5.11 Å². The summed E-state index contributed by atoms with van der Waals surface area (Å²) in [6, 6.07) is 0. The molecule has 0 amide bonds. The molecule has 5 nitrogen and oxygen atoms in total. The van der Waals surface area contributed by atoms with Crippen molar-refractivity contribution in [3.63, 3.8) is 0 Å². The Balaban J connectivity index is 1.97. The van der Waals surface area contributed by atoms with Gasteiger partial charge in [-0.3, -0.25) is 14.4 Å². The third-order valence-corrected chi connectivity index (χ3v) is 5.15. The Labute approximate surface area is 134 Å². The lowest BCUT2D eigenvalue weighted by Crippen LogP contribution is -2.34. The number of carboxylic acids is 1. The maximum atomic E-state index is 10.8. The predicted octanol–water partition coefficient (Wildman–Crippen LogP) is 2.91. The van der Waals surface area contributed by atoms with Crippen LogP contribution in [0.1, 0.15) is 44.5 Å². The van der Waals surface area contributed by atoms with E-state index >= 15 is 0 Å². The van der Waals surface area contributed by atoms with Gasteiger partial charge in [-0.05, 0) is 61.1 Å². The minimum Gasteiger partial charge on any atom is -0.481 e. The van der Waals surface area contributed by atoms with Gasteiger partial charge in [0.2, 0.25) is 0 Å². The van der Waals surface area contributed by atoms with Crippen molar-refractivity contribution in [1.82, 2.24) is 14.7 Å². The monoisotopic (exact) mass is 357 g/mol. The second-order valence-corrected chi connectivity index (χ2v) is 6.49. The standard InChI is InChI=1S/C15H24BrN3O2/c1-3-12-15(16)13(19(4-2)17-12)10-18-7-5-11(6-8-18)9-14(20)21/h11H,3-10H2,1-2H3,(H,20,21). The van der Waals surface area contributed by atoms with Gasteiger partial charge in [-0.2, -0.15) is 5.10 Å². The van der Waals surface area contributed by atoms with Crippen LogP contribution >= 0.6 is 15.9 Å². The maximum absolute atomic E-state index is 10.8. The molecule has 6 heteroatoms. The number of halogens is 1. The van der Waals surface area contributed by atoms with Crippen molar-refractivity contribution in [3.05, 3.63) is 15.9 Å². The van der Waals surface area contributed by atoms with Gasteiger partial charge in [-0.15, -0.1) is 0 Å². The zero-order valence-corrected chi connectivity index (χ0v) is 14.4. The highest BCUT2D eigenvalue weighted by Gasteiger charge is 2.23. The van der Waals surface area contributed by atoms with E-state index < -0.39 is 5.97 Å². The van der Waals surface area contributed by atoms with Crippen LogP contribution in [0, 0.1) is 5.92 Å². The summed E-state index contributed by atoms with van der Waals surface area (Å²) < 4.78 is 3.21. The molecule has 1 saturated heterocycles. The molecular formula is C15H24BrN3O2. The lowest BCUT2D eigenvalue weighted by molar-refractivity contribution is -0.138. The Morgan fingerprint density at radius 3 is 2.57 bits per heavy atom. The zero-order valence-electron chi connectivity index (χ0n) is 12.8. The topological polar surface area (TPSA) is 58.4 Å². The second kappa shape index (κ2) is 7.40. The van der Waals surface area contributed by atoms with Crippen LogP contribution in [0.25, 0.3) is 0 Å². The highest BCUT2D eigenvalue weighted by Crippen LogP contribution is 2.26. The van der Waals surface area contributed by atoms with E-state index in [1.54, 1.807) is 0 Å². The van der Waals surface area contributed by atoms with E-state index in [1.807, 2.05) is 0 Å². The van der Waals surface area contributed by atoms with E-state index in [1.165, 1.54) is 5.69 Å². The number of rotatable bonds is 6. The van der Waals surface area contributed by atoms with Crippen LogP contribution in [-0.4, -0.2) is 38.8 Å². The molecular weight excluding hydrogens is 334 g/mol. The Kier molecular flexibility index (Phi) is 5.81. The summed E-state index contributed by atoms with van der Waals surface area (Å²) in [6.07, 6.45) is 3.20. The first-order valence-corrected chi connectivity index (χ1v) is 8.52. The van der Waals surface area contributed by atoms with Crippen LogP contribution < -0.4 is 0 Å². The number of hydrogen-bond acceptors (Lipinski definition) is 3. The van der Waals surface area contributed by atoms with Crippen molar-refractivity contribution in [2.75, 3.05) is 13.1 Å². The molecule has 0 radical (unpaired) electrons. The van der Waals surface area contributed by atoms with Crippen LogP contribution in [0.4, 0.5) is 0 Å². The number of carbonyl (C=O) groups is 1. The van der Waals surface area contributed by atoms with Gasteiger partial charge in [-0.1, -0.05) is 6.92 Å². The summed E-state index contributed by atoms with van der Waals surface area (Å²) in [6.45, 7) is 7.95. The predicted molar refractivity (Wildman–Crippen MR) is 85.2 cm³/mol. The molecule has 0 aromatic carbocycles. The summed E-state index contributed by atoms with van der Waals surface area (Å²) in [5.74, 6) is -0.336. The highest BCUT2D eigenvalue weighted by atomic mass is 79.9. The van der Waals surface area contributed by atoms with Gasteiger partial charge < -0.3 is 5.11 Å². The van der Waals surface area contributed by atoms with E-state index in [0.29, 0.717) is 12.3 Å². The molecule has 0 spiro atoms. The first kappa shape index (κ1) is 16.5. The van der Waals surface area contributed by atoms with Crippen molar-refractivity contribution in [3.8, 4) is 0 Å². The molecule has 2 rings (SSSR count). The fourth-order valence-corrected chi connectivity index (χ4v) is 3.67. The molecule has 118 valence electrons. The zero-order chi connectivity index (χ0) is 15.4. The quantitative estimate of drug-likeness (QED) is 0.850. The molecule has 0 saturated carbocycles. The van der Waals surface area contributed by atoms with Gasteiger partial charge in [-0.25, -0.2) is 0 Å². The van der Waals surface area contributed by atoms with Crippen LogP contribution in [0.15, 0.2) is 4.47 Å². The Hall–Kier alpha value is -0.880. The summed E-state index contributed by atoms with van der Waals surface area (Å²) in [5, 5.41) is 13.5. The molecule has 1 aromatic heterocycles. The molecule has 1 aliphatic heterocycles. The fourth-order valence-electron chi connectivity index (χ4n) is 2.98. The van der Waals surface area contributed by atoms with Gasteiger partial charge in [0.1, 0.15) is 0 Å². The molecule has 21 heavy (non-hydrogen) atoms. The van der Waals surface area contributed by atoms with Gasteiger partial charge in [0.25, 0.3) is 0 Å². The lowest BCUT2D eigenvalue weighted by Gasteiger charge is -2.31. The third kappa shape index (κ3) is 4.07. The van der Waals surface area contributed by atoms with Gasteiger partial charge in [0.05, 0.1) is 15.9 Å². The molecule has 2 heterocycles. The first-order chi connectivity index (χ1) is 10.0. The third-order valence-electron chi connectivity index (χ3n) is 4.24. The van der Waals surface area contributed by atoms with E-state index in [2.05, 4.69) is 44.5 Å². The van der Waals surface area contributed by atoms with Crippen LogP contribution in [0.2, 0.25) is 0 Å². The lowest BCUT2D eigenvalue weighted by atomic mass is 9.93. The molecule has 0 aliphatic carbocycles. The summed E-state index contributed by atoms with van der Waals surface area (Å²) in [5.41, 5.74) is 2.36. The second-order valence-electron chi connectivity index (χ2n) is 5.69. The SMILES string of the molecule is CCc1nn(CC)c(CN2CCC(CC(=O)O)CC2)c1Br. The number of carboxylic acid groups (broad SMARTS) is 1. The Morgan fingerprint density at radius 2 is 2.05 bits per heavy atom. The Bertz CT molecular complexity index is 493. The largest absolute Gasteiger partial charge is 0.481 e. The number of nitrogens with zero attached hydrogens (tertiary/aromatic N) is 3. The van der Waals surface area contributed by atoms with Crippen molar-refractivity contribution >= 4 is 21.9 Å². The molecule has 1 aliphatic rings. The summed E-state index contributed by atoms with van der Waals surface area (Å²) in [7, 11) is 0. The average Bonchev–Trinajstić information content (AvgIpc) is 2.77. The van der Waals surface area contributed by atoms with Crippen molar-refractivity contribution in [1.29, 1.82) is 0 Å².